The van der Waals surface area contributed by atoms with Gasteiger partial charge in [0, 0.05) is 12.1 Å². The van der Waals surface area contributed by atoms with Crippen molar-refractivity contribution in [3.8, 4) is 0 Å². The lowest BCUT2D eigenvalue weighted by molar-refractivity contribution is -0.134. The van der Waals surface area contributed by atoms with Gasteiger partial charge in [-0.15, -0.1) is 0 Å². The van der Waals surface area contributed by atoms with Gasteiger partial charge < -0.3 is 10.6 Å². The van der Waals surface area contributed by atoms with Crippen LogP contribution in [0, 0.1) is 5.41 Å². The largest absolute Gasteiger partial charge is 0.379 e. The third-order valence-electron chi connectivity index (χ3n) is 2.83. The predicted molar refractivity (Wildman–Crippen MR) is 64.0 cm³/mol. The molecule has 0 aromatic rings. The molecule has 0 bridgehead atoms. The molecular formula is C10H19N3OS. The van der Waals surface area contributed by atoms with Crippen molar-refractivity contribution in [3.63, 3.8) is 0 Å². The Morgan fingerprint density at radius 3 is 2.47 bits per heavy atom. The smallest absolute Gasteiger partial charge is 0.233 e. The number of hydrogen-bond acceptors (Lipinski definition) is 3. The summed E-state index contributed by atoms with van der Waals surface area (Å²) in [6.07, 6.45) is 3.37. The van der Waals surface area contributed by atoms with E-state index >= 15 is 0 Å². The number of carbonyl (C=O) groups excluding carboxylic acids is 1. The summed E-state index contributed by atoms with van der Waals surface area (Å²) in [4.78, 5) is 13.8. The molecule has 0 saturated carbocycles. The zero-order valence-corrected chi connectivity index (χ0v) is 10.1. The molecule has 1 heterocycles. The minimum Gasteiger partial charge on any atom is -0.379 e. The first kappa shape index (κ1) is 12.4. The van der Waals surface area contributed by atoms with E-state index in [1.54, 1.807) is 0 Å². The van der Waals surface area contributed by atoms with Crippen molar-refractivity contribution in [2.24, 2.45) is 5.73 Å². The van der Waals surface area contributed by atoms with Gasteiger partial charge in [-0.25, -0.2) is 0 Å². The summed E-state index contributed by atoms with van der Waals surface area (Å²) in [5.41, 5.74) is 5.22. The molecule has 1 aliphatic rings. The van der Waals surface area contributed by atoms with Crippen LogP contribution in [0.15, 0.2) is 0 Å². The summed E-state index contributed by atoms with van der Waals surface area (Å²) in [6.45, 7) is 4.18. The Balaban J connectivity index is 2.51. The van der Waals surface area contributed by atoms with Gasteiger partial charge in [0.2, 0.25) is 5.91 Å². The molecule has 86 valence electrons. The molecule has 0 aliphatic carbocycles. The minimum absolute atomic E-state index is 0.0145. The fourth-order valence-electron chi connectivity index (χ4n) is 2.13. The number of piperidine rings is 1. The van der Waals surface area contributed by atoms with Crippen molar-refractivity contribution >= 4 is 22.8 Å². The van der Waals surface area contributed by atoms with Crippen LogP contribution in [0.5, 0.6) is 0 Å². The molecule has 1 amide bonds. The van der Waals surface area contributed by atoms with E-state index in [0.29, 0.717) is 17.8 Å². The van der Waals surface area contributed by atoms with E-state index in [1.807, 2.05) is 4.90 Å². The highest BCUT2D eigenvalue weighted by Crippen LogP contribution is 2.23. The van der Waals surface area contributed by atoms with Gasteiger partial charge in [0.1, 0.15) is 0 Å². The van der Waals surface area contributed by atoms with E-state index in [4.69, 9.17) is 11.1 Å². The van der Waals surface area contributed by atoms with Gasteiger partial charge in [0.05, 0.1) is 5.75 Å². The normalized spacial score (nSPS) is 26.4. The highest BCUT2D eigenvalue weighted by Gasteiger charge is 2.28. The number of likely N-dealkylation sites (tertiary alicyclic amines) is 1. The maximum absolute atomic E-state index is 11.9. The molecule has 1 aliphatic heterocycles. The molecular weight excluding hydrogens is 210 g/mol. The molecule has 0 aromatic heterocycles. The molecule has 1 saturated heterocycles. The third kappa shape index (κ3) is 3.41. The van der Waals surface area contributed by atoms with E-state index in [9.17, 15) is 4.79 Å². The van der Waals surface area contributed by atoms with Crippen molar-refractivity contribution in [2.75, 3.05) is 5.75 Å². The lowest BCUT2D eigenvalue weighted by Gasteiger charge is -2.39. The first-order valence-electron chi connectivity index (χ1n) is 5.30. The maximum atomic E-state index is 11.9. The van der Waals surface area contributed by atoms with Crippen molar-refractivity contribution < 1.29 is 4.79 Å². The van der Waals surface area contributed by atoms with Crippen LogP contribution in [0.4, 0.5) is 0 Å². The van der Waals surface area contributed by atoms with E-state index in [0.717, 1.165) is 24.6 Å². The predicted octanol–water partition coefficient (Wildman–Crippen LogP) is 1.40. The zero-order valence-electron chi connectivity index (χ0n) is 9.32. The Kier molecular flexibility index (Phi) is 4.45. The first-order valence-corrected chi connectivity index (χ1v) is 6.29. The number of amides is 1. The zero-order chi connectivity index (χ0) is 11.4. The topological polar surface area (TPSA) is 70.2 Å². The Labute approximate surface area is 95.1 Å². The number of hydrogen-bond donors (Lipinski definition) is 2. The Bertz CT molecular complexity index is 247. The molecule has 0 aromatic carbocycles. The van der Waals surface area contributed by atoms with Crippen LogP contribution >= 0.6 is 11.8 Å². The van der Waals surface area contributed by atoms with Crippen LogP contribution in [0.1, 0.15) is 33.1 Å². The van der Waals surface area contributed by atoms with Crippen LogP contribution in [-0.4, -0.2) is 33.8 Å². The average Bonchev–Trinajstić information content (AvgIpc) is 2.14. The highest BCUT2D eigenvalue weighted by atomic mass is 32.2. The van der Waals surface area contributed by atoms with Gasteiger partial charge >= 0.3 is 0 Å². The van der Waals surface area contributed by atoms with Gasteiger partial charge in [-0.05, 0) is 33.1 Å². The molecule has 2 unspecified atom stereocenters. The minimum atomic E-state index is 0.0145. The summed E-state index contributed by atoms with van der Waals surface area (Å²) in [6, 6.07) is 0.655. The number of nitrogens with two attached hydrogens (primary N) is 1. The number of amidine groups is 1. The summed E-state index contributed by atoms with van der Waals surface area (Å²) in [5, 5.41) is 7.09. The monoisotopic (exact) mass is 229 g/mol. The van der Waals surface area contributed by atoms with Crippen LogP contribution in [0.3, 0.4) is 0 Å². The number of nitrogens with one attached hydrogen (secondary N) is 1. The van der Waals surface area contributed by atoms with E-state index < -0.39 is 0 Å². The number of rotatable bonds is 2. The van der Waals surface area contributed by atoms with Gasteiger partial charge in [0.25, 0.3) is 0 Å². The van der Waals surface area contributed by atoms with Gasteiger partial charge in [0.15, 0.2) is 5.17 Å². The highest BCUT2D eigenvalue weighted by molar-refractivity contribution is 8.14. The lowest BCUT2D eigenvalue weighted by atomic mass is 9.98. The fraction of sp³-hybridized carbons (Fsp3) is 0.800. The maximum Gasteiger partial charge on any atom is 0.233 e. The first-order chi connectivity index (χ1) is 7.02. The van der Waals surface area contributed by atoms with E-state index in [2.05, 4.69) is 13.8 Å². The number of carbonyl (C=O) groups is 1. The van der Waals surface area contributed by atoms with Gasteiger partial charge in [-0.3, -0.25) is 10.2 Å². The quantitative estimate of drug-likeness (QED) is 0.555. The van der Waals surface area contributed by atoms with Crippen LogP contribution in [-0.2, 0) is 4.79 Å². The number of thioether (sulfide) groups is 1. The molecule has 4 nitrogen and oxygen atoms in total. The second-order valence-electron chi connectivity index (χ2n) is 4.08. The van der Waals surface area contributed by atoms with Crippen molar-refractivity contribution in [1.82, 2.24) is 4.90 Å². The average molecular weight is 229 g/mol. The standard InChI is InChI=1S/C10H19N3OS/c1-7-4-3-5-8(2)13(7)9(14)6-15-10(11)12/h7-8H,3-6H2,1-2H3,(H3,11,12). The molecule has 5 heteroatoms. The molecule has 0 radical (unpaired) electrons. The Morgan fingerprint density at radius 1 is 1.47 bits per heavy atom. The van der Waals surface area contributed by atoms with Crippen molar-refractivity contribution in [2.45, 2.75) is 45.2 Å². The Morgan fingerprint density at radius 2 is 2.00 bits per heavy atom. The van der Waals surface area contributed by atoms with Gasteiger partial charge in [-0.2, -0.15) is 0 Å². The second-order valence-corrected chi connectivity index (χ2v) is 5.10. The van der Waals surface area contributed by atoms with Crippen molar-refractivity contribution in [3.05, 3.63) is 0 Å². The second kappa shape index (κ2) is 5.39. The summed E-state index contributed by atoms with van der Waals surface area (Å²) in [5.74, 6) is 0.402. The van der Waals surface area contributed by atoms with E-state index in [-0.39, 0.29) is 11.1 Å². The van der Waals surface area contributed by atoms with Crippen molar-refractivity contribution in [1.29, 1.82) is 5.41 Å². The molecule has 1 fully saturated rings. The number of nitrogens with zero attached hydrogens (tertiary/aromatic N) is 1. The van der Waals surface area contributed by atoms with E-state index in [1.165, 1.54) is 6.42 Å². The molecule has 2 atom stereocenters. The summed E-state index contributed by atoms with van der Waals surface area (Å²) >= 11 is 1.11. The van der Waals surface area contributed by atoms with Gasteiger partial charge in [-0.1, -0.05) is 11.8 Å². The van der Waals surface area contributed by atoms with Crippen LogP contribution < -0.4 is 5.73 Å². The lowest BCUT2D eigenvalue weighted by Crippen LogP contribution is -2.48. The third-order valence-corrected chi connectivity index (χ3v) is 3.53. The molecule has 1 rings (SSSR count). The van der Waals surface area contributed by atoms with Crippen LogP contribution in [0.25, 0.3) is 0 Å². The summed E-state index contributed by atoms with van der Waals surface area (Å²) < 4.78 is 0. The fourth-order valence-corrected chi connectivity index (χ4v) is 2.55. The molecule has 3 N–H and O–H groups in total. The Hall–Kier alpha value is -0.710. The summed E-state index contributed by atoms with van der Waals surface area (Å²) in [7, 11) is 0. The molecule has 0 spiro atoms. The van der Waals surface area contributed by atoms with Crippen LogP contribution in [0.2, 0.25) is 0 Å². The molecule has 15 heavy (non-hydrogen) atoms. The SMILES string of the molecule is CC1CCCC(C)N1C(=O)CSC(=N)N.